The van der Waals surface area contributed by atoms with Crippen LogP contribution in [0.3, 0.4) is 0 Å². The van der Waals surface area contributed by atoms with Crippen LogP contribution in [0.4, 0.5) is 11.4 Å². The van der Waals surface area contributed by atoms with Crippen molar-refractivity contribution in [2.45, 2.75) is 6.92 Å². The van der Waals surface area contributed by atoms with E-state index in [9.17, 15) is 14.9 Å². The summed E-state index contributed by atoms with van der Waals surface area (Å²) in [4.78, 5) is 22.3. The highest BCUT2D eigenvalue weighted by Crippen LogP contribution is 2.22. The van der Waals surface area contributed by atoms with Crippen molar-refractivity contribution in [3.8, 4) is 0 Å². The van der Waals surface area contributed by atoms with Crippen LogP contribution in [-0.2, 0) is 0 Å². The van der Waals surface area contributed by atoms with E-state index in [1.54, 1.807) is 25.1 Å². The zero-order chi connectivity index (χ0) is 14.7. The highest BCUT2D eigenvalue weighted by molar-refractivity contribution is 9.10. The molecule has 0 radical (unpaired) electrons. The molecule has 0 aliphatic rings. The largest absolute Gasteiger partial charge is 0.322 e. The average molecular weight is 335 g/mol. The molecule has 0 spiro atoms. The minimum absolute atomic E-state index is 0.00274. The number of benzene rings is 2. The summed E-state index contributed by atoms with van der Waals surface area (Å²) in [6.07, 6.45) is 0. The lowest BCUT2D eigenvalue weighted by atomic mass is 10.1. The number of nitro benzene ring substituents is 1. The molecule has 2 aromatic rings. The standard InChI is InChI=1S/C14H11BrN2O3/c1-9-7-12(17(19)20)5-6-13(9)16-14(18)10-3-2-4-11(15)8-10/h2-8H,1H3,(H,16,18). The third-order valence-electron chi connectivity index (χ3n) is 2.76. The van der Waals surface area contributed by atoms with E-state index < -0.39 is 4.92 Å². The lowest BCUT2D eigenvalue weighted by Gasteiger charge is -2.08. The van der Waals surface area contributed by atoms with Gasteiger partial charge in [-0.05, 0) is 36.8 Å². The molecule has 102 valence electrons. The van der Waals surface area contributed by atoms with Crippen LogP contribution >= 0.6 is 15.9 Å². The summed E-state index contributed by atoms with van der Waals surface area (Å²) in [5.41, 5.74) is 1.71. The van der Waals surface area contributed by atoms with E-state index in [0.717, 1.165) is 4.47 Å². The number of hydrogen-bond acceptors (Lipinski definition) is 3. The maximum atomic E-state index is 12.1. The molecule has 1 amide bonds. The Morgan fingerprint density at radius 1 is 1.25 bits per heavy atom. The maximum Gasteiger partial charge on any atom is 0.269 e. The first-order valence-corrected chi connectivity index (χ1v) is 6.58. The van der Waals surface area contributed by atoms with Crippen molar-refractivity contribution < 1.29 is 9.72 Å². The minimum atomic E-state index is -0.465. The van der Waals surface area contributed by atoms with Crippen molar-refractivity contribution in [2.24, 2.45) is 0 Å². The van der Waals surface area contributed by atoms with E-state index in [-0.39, 0.29) is 11.6 Å². The first-order valence-electron chi connectivity index (χ1n) is 5.79. The Bertz CT molecular complexity index is 686. The molecule has 0 heterocycles. The van der Waals surface area contributed by atoms with E-state index in [4.69, 9.17) is 0 Å². The fraction of sp³-hybridized carbons (Fsp3) is 0.0714. The predicted octanol–water partition coefficient (Wildman–Crippen LogP) is 3.92. The molecular weight excluding hydrogens is 324 g/mol. The van der Waals surface area contributed by atoms with Gasteiger partial charge in [0.05, 0.1) is 4.92 Å². The number of nitrogens with zero attached hydrogens (tertiary/aromatic N) is 1. The highest BCUT2D eigenvalue weighted by Gasteiger charge is 2.11. The van der Waals surface area contributed by atoms with Gasteiger partial charge in [-0.3, -0.25) is 14.9 Å². The summed E-state index contributed by atoms with van der Waals surface area (Å²) in [7, 11) is 0. The van der Waals surface area contributed by atoms with Gasteiger partial charge in [0.25, 0.3) is 11.6 Å². The van der Waals surface area contributed by atoms with Crippen molar-refractivity contribution in [3.63, 3.8) is 0 Å². The third kappa shape index (κ3) is 3.21. The Balaban J connectivity index is 2.22. The molecule has 0 saturated carbocycles. The van der Waals surface area contributed by atoms with Crippen molar-refractivity contribution in [2.75, 3.05) is 5.32 Å². The highest BCUT2D eigenvalue weighted by atomic mass is 79.9. The number of aryl methyl sites for hydroxylation is 1. The monoisotopic (exact) mass is 334 g/mol. The fourth-order valence-electron chi connectivity index (χ4n) is 1.73. The maximum absolute atomic E-state index is 12.1. The van der Waals surface area contributed by atoms with E-state index in [2.05, 4.69) is 21.2 Å². The van der Waals surface area contributed by atoms with Gasteiger partial charge in [-0.15, -0.1) is 0 Å². The lowest BCUT2D eigenvalue weighted by Crippen LogP contribution is -2.12. The Labute approximate surface area is 123 Å². The van der Waals surface area contributed by atoms with Gasteiger partial charge in [-0.1, -0.05) is 22.0 Å². The number of amides is 1. The van der Waals surface area contributed by atoms with Crippen molar-refractivity contribution in [3.05, 3.63) is 68.2 Å². The summed E-state index contributed by atoms with van der Waals surface area (Å²) in [6.45, 7) is 1.71. The van der Waals surface area contributed by atoms with Crippen LogP contribution in [-0.4, -0.2) is 10.8 Å². The number of nitrogens with one attached hydrogen (secondary N) is 1. The number of carbonyl (C=O) groups excluding carboxylic acids is 1. The summed E-state index contributed by atoms with van der Waals surface area (Å²) in [5.74, 6) is -0.261. The number of anilines is 1. The quantitative estimate of drug-likeness (QED) is 0.683. The van der Waals surface area contributed by atoms with Gasteiger partial charge in [0, 0.05) is 27.9 Å². The fourth-order valence-corrected chi connectivity index (χ4v) is 2.13. The van der Waals surface area contributed by atoms with Gasteiger partial charge < -0.3 is 5.32 Å². The molecule has 5 nitrogen and oxygen atoms in total. The molecular formula is C14H11BrN2O3. The van der Waals surface area contributed by atoms with E-state index in [1.807, 2.05) is 6.07 Å². The molecule has 6 heteroatoms. The Morgan fingerprint density at radius 3 is 2.60 bits per heavy atom. The Hall–Kier alpha value is -2.21. The second-order valence-corrected chi connectivity index (χ2v) is 5.14. The van der Waals surface area contributed by atoms with E-state index in [1.165, 1.54) is 18.2 Å². The number of non-ortho nitro benzene ring substituents is 1. The number of carbonyl (C=O) groups is 1. The molecule has 1 N–H and O–H groups in total. The molecule has 0 fully saturated rings. The zero-order valence-electron chi connectivity index (χ0n) is 10.6. The third-order valence-corrected chi connectivity index (χ3v) is 3.25. The van der Waals surface area contributed by atoms with Crippen LogP contribution in [0.2, 0.25) is 0 Å². The first-order chi connectivity index (χ1) is 9.47. The smallest absolute Gasteiger partial charge is 0.269 e. The molecule has 0 bridgehead atoms. The van der Waals surface area contributed by atoms with Crippen molar-refractivity contribution >= 4 is 33.2 Å². The molecule has 0 aliphatic heterocycles. The van der Waals surface area contributed by atoms with E-state index in [0.29, 0.717) is 16.8 Å². The van der Waals surface area contributed by atoms with Crippen LogP contribution in [0.25, 0.3) is 0 Å². The average Bonchev–Trinajstić information content (AvgIpc) is 2.40. The topological polar surface area (TPSA) is 72.2 Å². The van der Waals surface area contributed by atoms with E-state index >= 15 is 0 Å². The number of hydrogen-bond donors (Lipinski definition) is 1. The Morgan fingerprint density at radius 2 is 2.00 bits per heavy atom. The van der Waals surface area contributed by atoms with Gasteiger partial charge in [-0.2, -0.15) is 0 Å². The number of rotatable bonds is 3. The van der Waals surface area contributed by atoms with Crippen LogP contribution in [0.1, 0.15) is 15.9 Å². The second kappa shape index (κ2) is 5.83. The molecule has 0 unspecified atom stereocenters. The van der Waals surface area contributed by atoms with Gasteiger partial charge in [0.1, 0.15) is 0 Å². The molecule has 2 aromatic carbocycles. The lowest BCUT2D eigenvalue weighted by molar-refractivity contribution is -0.384. The van der Waals surface area contributed by atoms with Crippen LogP contribution in [0.5, 0.6) is 0 Å². The normalized spacial score (nSPS) is 10.1. The van der Waals surface area contributed by atoms with Crippen molar-refractivity contribution in [1.82, 2.24) is 0 Å². The minimum Gasteiger partial charge on any atom is -0.322 e. The van der Waals surface area contributed by atoms with Gasteiger partial charge in [0.2, 0.25) is 0 Å². The van der Waals surface area contributed by atoms with Crippen LogP contribution in [0, 0.1) is 17.0 Å². The predicted molar refractivity (Wildman–Crippen MR) is 79.9 cm³/mol. The van der Waals surface area contributed by atoms with Crippen LogP contribution < -0.4 is 5.32 Å². The molecule has 2 rings (SSSR count). The first kappa shape index (κ1) is 14.2. The Kier molecular flexibility index (Phi) is 4.14. The number of nitro groups is 1. The zero-order valence-corrected chi connectivity index (χ0v) is 12.2. The summed E-state index contributed by atoms with van der Waals surface area (Å²) >= 11 is 3.30. The van der Waals surface area contributed by atoms with Gasteiger partial charge in [-0.25, -0.2) is 0 Å². The second-order valence-electron chi connectivity index (χ2n) is 4.22. The molecule has 0 aromatic heterocycles. The molecule has 0 saturated heterocycles. The molecule has 0 aliphatic carbocycles. The van der Waals surface area contributed by atoms with Crippen molar-refractivity contribution in [1.29, 1.82) is 0 Å². The SMILES string of the molecule is Cc1cc([N+](=O)[O-])ccc1NC(=O)c1cccc(Br)c1. The van der Waals surface area contributed by atoms with Crippen LogP contribution in [0.15, 0.2) is 46.9 Å². The number of halogens is 1. The summed E-state index contributed by atoms with van der Waals surface area (Å²) in [5, 5.41) is 13.4. The summed E-state index contributed by atoms with van der Waals surface area (Å²) in [6, 6.07) is 11.3. The van der Waals surface area contributed by atoms with Gasteiger partial charge >= 0.3 is 0 Å². The van der Waals surface area contributed by atoms with Gasteiger partial charge in [0.15, 0.2) is 0 Å². The molecule has 20 heavy (non-hydrogen) atoms. The summed E-state index contributed by atoms with van der Waals surface area (Å²) < 4.78 is 0.811. The molecule has 0 atom stereocenters.